The van der Waals surface area contributed by atoms with Crippen molar-refractivity contribution < 1.29 is 28.5 Å². The first kappa shape index (κ1) is 30.5. The molecule has 0 unspecified atom stereocenters. The second-order valence-electron chi connectivity index (χ2n) is 14.1. The molecule has 5 heterocycles. The number of nitrogens with zero attached hydrogens (tertiary/aromatic N) is 4. The highest BCUT2D eigenvalue weighted by Crippen LogP contribution is 2.44. The Labute approximate surface area is 259 Å². The minimum Gasteiger partial charge on any atom is -0.444 e. The van der Waals surface area contributed by atoms with Crippen LogP contribution in [0.5, 0.6) is 0 Å². The van der Waals surface area contributed by atoms with Crippen molar-refractivity contribution in [3.63, 3.8) is 0 Å². The molecule has 10 heteroatoms. The van der Waals surface area contributed by atoms with Crippen molar-refractivity contribution in [3.05, 3.63) is 47.4 Å². The maximum Gasteiger partial charge on any atom is 0.420 e. The van der Waals surface area contributed by atoms with Gasteiger partial charge in [0.1, 0.15) is 22.9 Å². The molecule has 3 fully saturated rings. The fourth-order valence-corrected chi connectivity index (χ4v) is 6.08. The Bertz CT molecular complexity index is 1540. The van der Waals surface area contributed by atoms with Gasteiger partial charge >= 0.3 is 12.2 Å². The fraction of sp³-hybridized carbons (Fsp3) is 0.588. The molecule has 3 aromatic rings. The van der Waals surface area contributed by atoms with Crippen molar-refractivity contribution in [2.75, 3.05) is 33.0 Å². The third-order valence-corrected chi connectivity index (χ3v) is 8.27. The molecule has 3 aromatic heterocycles. The van der Waals surface area contributed by atoms with Crippen molar-refractivity contribution in [2.24, 2.45) is 0 Å². The molecule has 1 amide bonds. The summed E-state index contributed by atoms with van der Waals surface area (Å²) in [5.41, 5.74) is 4.01. The van der Waals surface area contributed by atoms with E-state index in [2.05, 4.69) is 12.1 Å². The van der Waals surface area contributed by atoms with Crippen LogP contribution in [0.2, 0.25) is 0 Å². The van der Waals surface area contributed by atoms with E-state index in [0.717, 1.165) is 59.1 Å². The fourth-order valence-electron chi connectivity index (χ4n) is 6.08. The average molecular weight is 605 g/mol. The van der Waals surface area contributed by atoms with Crippen molar-refractivity contribution in [1.29, 1.82) is 0 Å². The average Bonchev–Trinajstić information content (AvgIpc) is 3.75. The van der Waals surface area contributed by atoms with E-state index >= 15 is 0 Å². The summed E-state index contributed by atoms with van der Waals surface area (Å²) in [7, 11) is 0. The molecule has 2 aliphatic heterocycles. The molecule has 1 saturated carbocycles. The Morgan fingerprint density at radius 2 is 1.55 bits per heavy atom. The summed E-state index contributed by atoms with van der Waals surface area (Å²) in [6.07, 6.45) is 6.81. The van der Waals surface area contributed by atoms with E-state index in [4.69, 9.17) is 28.9 Å². The summed E-state index contributed by atoms with van der Waals surface area (Å²) < 4.78 is 24.6. The van der Waals surface area contributed by atoms with Crippen LogP contribution in [-0.4, -0.2) is 75.8 Å². The van der Waals surface area contributed by atoms with Gasteiger partial charge in [0.15, 0.2) is 0 Å². The number of morpholine rings is 1. The molecule has 236 valence electrons. The van der Waals surface area contributed by atoms with E-state index in [0.29, 0.717) is 44.5 Å². The first-order valence-corrected chi connectivity index (χ1v) is 15.8. The van der Waals surface area contributed by atoms with E-state index < -0.39 is 17.3 Å². The smallest absolute Gasteiger partial charge is 0.420 e. The zero-order valence-corrected chi connectivity index (χ0v) is 26.7. The quantitative estimate of drug-likeness (QED) is 0.315. The number of carbonyl (C=O) groups is 2. The number of hydrogen-bond acceptors (Lipinski definition) is 8. The van der Waals surface area contributed by atoms with Gasteiger partial charge in [0.2, 0.25) is 0 Å². The Morgan fingerprint density at radius 3 is 2.23 bits per heavy atom. The minimum absolute atomic E-state index is 0.271. The third kappa shape index (κ3) is 6.61. The lowest BCUT2D eigenvalue weighted by molar-refractivity contribution is -0.0344. The van der Waals surface area contributed by atoms with Crippen LogP contribution in [0.15, 0.2) is 30.6 Å². The summed E-state index contributed by atoms with van der Waals surface area (Å²) in [6, 6.07) is 5.89. The number of hydrogen-bond donors (Lipinski definition) is 0. The SMILES string of the molecule is CC(C)(C)OC(=O)N1CCOC[C@H]1c1nc(-c2cnc3c(c2)c(C2CC2)cn3C(=O)OC(C)(C)C)ccc1C1CCOCC1. The summed E-state index contributed by atoms with van der Waals surface area (Å²) in [4.78, 5) is 38.3. The third-order valence-electron chi connectivity index (χ3n) is 8.27. The van der Waals surface area contributed by atoms with E-state index in [1.54, 1.807) is 11.1 Å². The maximum absolute atomic E-state index is 13.4. The van der Waals surface area contributed by atoms with Crippen LogP contribution in [0.4, 0.5) is 9.59 Å². The highest BCUT2D eigenvalue weighted by Gasteiger charge is 2.36. The molecule has 0 N–H and O–H groups in total. The van der Waals surface area contributed by atoms with Crippen molar-refractivity contribution in [3.8, 4) is 11.3 Å². The molecule has 0 radical (unpaired) electrons. The van der Waals surface area contributed by atoms with Crippen LogP contribution in [-0.2, 0) is 18.9 Å². The van der Waals surface area contributed by atoms with Crippen molar-refractivity contribution >= 4 is 23.2 Å². The Balaban J connectivity index is 1.42. The van der Waals surface area contributed by atoms with Gasteiger partial charge in [0.25, 0.3) is 0 Å². The van der Waals surface area contributed by atoms with E-state index in [1.807, 2.05) is 53.8 Å². The van der Waals surface area contributed by atoms with Crippen LogP contribution in [0, 0.1) is 0 Å². The van der Waals surface area contributed by atoms with Crippen LogP contribution < -0.4 is 0 Å². The largest absolute Gasteiger partial charge is 0.444 e. The topological polar surface area (TPSA) is 105 Å². The number of carbonyl (C=O) groups excluding carboxylic acids is 2. The normalized spacial score (nSPS) is 20.1. The standard InChI is InChI=1S/C34H44N4O6/c1-33(2,3)43-31(39)37-13-16-42-20-28(37)29-24(22-11-14-41-15-12-22)9-10-27(36-29)23-17-25-26(21-7-8-21)19-38(30(25)35-18-23)32(40)44-34(4,5)6/h9-10,17-19,21-22,28H,7-8,11-16,20H2,1-6H3/t28-/m0/s1. The van der Waals surface area contributed by atoms with Crippen molar-refractivity contribution in [2.45, 2.75) is 96.3 Å². The van der Waals surface area contributed by atoms with Gasteiger partial charge in [-0.15, -0.1) is 0 Å². The summed E-state index contributed by atoms with van der Waals surface area (Å²) >= 11 is 0. The highest BCUT2D eigenvalue weighted by molar-refractivity contribution is 5.92. The molecule has 0 spiro atoms. The maximum atomic E-state index is 13.4. The highest BCUT2D eigenvalue weighted by atomic mass is 16.6. The first-order valence-electron chi connectivity index (χ1n) is 15.8. The Hall–Kier alpha value is -3.50. The molecule has 2 saturated heterocycles. The molecule has 6 rings (SSSR count). The van der Waals surface area contributed by atoms with E-state index in [1.165, 1.54) is 4.57 Å². The number of ether oxygens (including phenoxy) is 4. The summed E-state index contributed by atoms with van der Waals surface area (Å²) in [6.45, 7) is 13.8. The number of aromatic nitrogens is 3. The van der Waals surface area contributed by atoms with Gasteiger partial charge in [-0.05, 0) is 102 Å². The Morgan fingerprint density at radius 1 is 0.864 bits per heavy atom. The molecule has 3 aliphatic rings. The molecule has 1 atom stereocenters. The number of rotatable bonds is 4. The zero-order valence-electron chi connectivity index (χ0n) is 26.7. The number of amides is 1. The second-order valence-corrected chi connectivity index (χ2v) is 14.1. The van der Waals surface area contributed by atoms with Gasteiger partial charge in [0, 0.05) is 43.1 Å². The molecular weight excluding hydrogens is 560 g/mol. The Kier molecular flexibility index (Phi) is 8.17. The monoisotopic (exact) mass is 604 g/mol. The molecule has 44 heavy (non-hydrogen) atoms. The van der Waals surface area contributed by atoms with Gasteiger partial charge in [0.05, 0.1) is 24.6 Å². The van der Waals surface area contributed by atoms with E-state index in [9.17, 15) is 9.59 Å². The molecule has 0 bridgehead atoms. The van der Waals surface area contributed by atoms with Gasteiger partial charge in [-0.25, -0.2) is 19.1 Å². The number of fused-ring (bicyclic) bond motifs is 1. The van der Waals surface area contributed by atoms with Gasteiger partial charge in [-0.1, -0.05) is 6.07 Å². The van der Waals surface area contributed by atoms with Crippen LogP contribution in [0.3, 0.4) is 0 Å². The number of pyridine rings is 2. The summed E-state index contributed by atoms with van der Waals surface area (Å²) in [5, 5.41) is 0.934. The van der Waals surface area contributed by atoms with Gasteiger partial charge in [-0.3, -0.25) is 9.88 Å². The van der Waals surface area contributed by atoms with Gasteiger partial charge in [-0.2, -0.15) is 0 Å². The zero-order chi connectivity index (χ0) is 31.2. The molecule has 1 aliphatic carbocycles. The first-order chi connectivity index (χ1) is 20.9. The van der Waals surface area contributed by atoms with E-state index in [-0.39, 0.29) is 18.1 Å². The second kappa shape index (κ2) is 11.8. The molecule has 0 aromatic carbocycles. The predicted octanol–water partition coefficient (Wildman–Crippen LogP) is 6.96. The van der Waals surface area contributed by atoms with Crippen LogP contribution in [0.25, 0.3) is 22.3 Å². The van der Waals surface area contributed by atoms with Crippen LogP contribution >= 0.6 is 0 Å². The minimum atomic E-state index is -0.616. The lowest BCUT2D eigenvalue weighted by Crippen LogP contribution is -2.46. The lowest BCUT2D eigenvalue weighted by Gasteiger charge is -2.38. The van der Waals surface area contributed by atoms with Gasteiger partial charge < -0.3 is 18.9 Å². The summed E-state index contributed by atoms with van der Waals surface area (Å²) in [5.74, 6) is 0.673. The molecule has 10 nitrogen and oxygen atoms in total. The lowest BCUT2D eigenvalue weighted by atomic mass is 9.87. The predicted molar refractivity (Wildman–Crippen MR) is 166 cm³/mol. The molecular formula is C34H44N4O6. The van der Waals surface area contributed by atoms with Crippen LogP contribution in [0.1, 0.15) is 102 Å². The van der Waals surface area contributed by atoms with Crippen molar-refractivity contribution in [1.82, 2.24) is 19.4 Å².